The largest absolute Gasteiger partial charge is 0.390 e. The number of nitrogens with one attached hydrogen (secondary N) is 2. The van der Waals surface area contributed by atoms with Crippen LogP contribution in [0.4, 0.5) is 24.7 Å². The van der Waals surface area contributed by atoms with Gasteiger partial charge in [0.1, 0.15) is 11.5 Å². The summed E-state index contributed by atoms with van der Waals surface area (Å²) in [6, 6.07) is 0. The number of anilines is 2. The smallest absolute Gasteiger partial charge is 0.383 e. The molecule has 0 bridgehead atoms. The van der Waals surface area contributed by atoms with Crippen molar-refractivity contribution in [3.05, 3.63) is 20.8 Å². The molecule has 0 aromatic carbocycles. The number of nitrogen functional groups attached to an aromatic ring is 1. The van der Waals surface area contributed by atoms with E-state index in [9.17, 15) is 22.8 Å². The Kier molecular flexibility index (Phi) is 3.49. The van der Waals surface area contributed by atoms with E-state index in [1.165, 1.54) is 7.05 Å². The molecular weight excluding hydrogens is 241 g/mol. The van der Waals surface area contributed by atoms with Crippen molar-refractivity contribution in [2.75, 3.05) is 17.6 Å². The SMILES string of the molecule is Cn1c(N)c(NCCC(F)(F)F)c(=O)[nH]c1=O. The van der Waals surface area contributed by atoms with Gasteiger partial charge in [0.05, 0.1) is 6.42 Å². The molecule has 0 aliphatic heterocycles. The van der Waals surface area contributed by atoms with Crippen molar-refractivity contribution in [2.24, 2.45) is 7.05 Å². The third-order valence-electron chi connectivity index (χ3n) is 2.08. The van der Waals surface area contributed by atoms with Crippen LogP contribution in [0.15, 0.2) is 9.59 Å². The predicted molar refractivity (Wildman–Crippen MR) is 55.9 cm³/mol. The first-order chi connectivity index (χ1) is 7.72. The number of rotatable bonds is 3. The summed E-state index contributed by atoms with van der Waals surface area (Å²) in [6.07, 6.45) is -5.43. The van der Waals surface area contributed by atoms with Gasteiger partial charge in [-0.2, -0.15) is 13.2 Å². The zero-order chi connectivity index (χ0) is 13.2. The first kappa shape index (κ1) is 13.1. The molecule has 0 saturated carbocycles. The van der Waals surface area contributed by atoms with Crippen LogP contribution < -0.4 is 22.3 Å². The van der Waals surface area contributed by atoms with E-state index in [4.69, 9.17) is 5.73 Å². The molecule has 17 heavy (non-hydrogen) atoms. The Morgan fingerprint density at radius 2 is 2.00 bits per heavy atom. The first-order valence-corrected chi connectivity index (χ1v) is 4.62. The summed E-state index contributed by atoms with van der Waals surface area (Å²) in [7, 11) is 1.29. The summed E-state index contributed by atoms with van der Waals surface area (Å²) in [5.74, 6) is -0.207. The molecule has 1 aromatic heterocycles. The maximum atomic E-state index is 11.9. The maximum absolute atomic E-state index is 11.9. The lowest BCUT2D eigenvalue weighted by Crippen LogP contribution is -2.33. The lowest BCUT2D eigenvalue weighted by Gasteiger charge is -2.11. The number of alkyl halides is 3. The number of nitrogens with two attached hydrogens (primary N) is 1. The predicted octanol–water partition coefficient (Wildman–Crippen LogP) is 0.0201. The molecule has 0 fully saturated rings. The van der Waals surface area contributed by atoms with E-state index in [0.29, 0.717) is 0 Å². The van der Waals surface area contributed by atoms with E-state index in [0.717, 1.165) is 4.57 Å². The second-order valence-corrected chi connectivity index (χ2v) is 3.37. The summed E-state index contributed by atoms with van der Waals surface area (Å²) < 4.78 is 36.6. The van der Waals surface area contributed by atoms with Gasteiger partial charge < -0.3 is 11.1 Å². The van der Waals surface area contributed by atoms with Gasteiger partial charge in [-0.25, -0.2) is 4.79 Å². The van der Waals surface area contributed by atoms with Crippen LogP contribution in [0.2, 0.25) is 0 Å². The van der Waals surface area contributed by atoms with E-state index in [1.54, 1.807) is 0 Å². The molecule has 96 valence electrons. The lowest BCUT2D eigenvalue weighted by molar-refractivity contribution is -0.131. The monoisotopic (exact) mass is 252 g/mol. The minimum atomic E-state index is -4.32. The first-order valence-electron chi connectivity index (χ1n) is 4.62. The minimum absolute atomic E-state index is 0.207. The van der Waals surface area contributed by atoms with Gasteiger partial charge in [0, 0.05) is 13.6 Å². The Morgan fingerprint density at radius 1 is 1.41 bits per heavy atom. The topological polar surface area (TPSA) is 92.9 Å². The average Bonchev–Trinajstić information content (AvgIpc) is 2.18. The molecule has 0 atom stereocenters. The molecule has 4 N–H and O–H groups in total. The molecule has 0 aliphatic carbocycles. The molecule has 6 nitrogen and oxygen atoms in total. The molecular formula is C8H11F3N4O2. The van der Waals surface area contributed by atoms with Crippen molar-refractivity contribution < 1.29 is 13.2 Å². The van der Waals surface area contributed by atoms with Crippen LogP contribution in [0.5, 0.6) is 0 Å². The van der Waals surface area contributed by atoms with Crippen LogP contribution in [0, 0.1) is 0 Å². The number of halogens is 3. The fraction of sp³-hybridized carbons (Fsp3) is 0.500. The molecule has 0 aliphatic rings. The van der Waals surface area contributed by atoms with Crippen LogP contribution in [0.25, 0.3) is 0 Å². The van der Waals surface area contributed by atoms with Crippen LogP contribution in [0.1, 0.15) is 6.42 Å². The van der Waals surface area contributed by atoms with Gasteiger partial charge in [-0.15, -0.1) is 0 Å². The summed E-state index contributed by atoms with van der Waals surface area (Å²) in [6.45, 7) is -0.491. The number of hydrogen-bond acceptors (Lipinski definition) is 4. The average molecular weight is 252 g/mol. The number of aromatic amines is 1. The van der Waals surface area contributed by atoms with Gasteiger partial charge in [0.2, 0.25) is 0 Å². The zero-order valence-corrected chi connectivity index (χ0v) is 8.89. The van der Waals surface area contributed by atoms with E-state index in [1.807, 2.05) is 4.98 Å². The van der Waals surface area contributed by atoms with Crippen molar-refractivity contribution >= 4 is 11.5 Å². The fourth-order valence-corrected chi connectivity index (χ4v) is 1.14. The molecule has 1 heterocycles. The molecule has 0 unspecified atom stereocenters. The second kappa shape index (κ2) is 4.52. The number of hydrogen-bond donors (Lipinski definition) is 3. The molecule has 1 rings (SSSR count). The van der Waals surface area contributed by atoms with Gasteiger partial charge in [0.15, 0.2) is 0 Å². The Bertz CT molecular complexity index is 517. The maximum Gasteiger partial charge on any atom is 0.390 e. The van der Waals surface area contributed by atoms with Gasteiger partial charge in [-0.3, -0.25) is 14.3 Å². The fourth-order valence-electron chi connectivity index (χ4n) is 1.14. The van der Waals surface area contributed by atoms with E-state index >= 15 is 0 Å². The second-order valence-electron chi connectivity index (χ2n) is 3.37. The summed E-state index contributed by atoms with van der Waals surface area (Å²) in [4.78, 5) is 24.3. The molecule has 0 spiro atoms. The molecule has 1 aromatic rings. The van der Waals surface area contributed by atoms with Gasteiger partial charge in [-0.1, -0.05) is 0 Å². The highest BCUT2D eigenvalue weighted by atomic mass is 19.4. The van der Waals surface area contributed by atoms with Crippen molar-refractivity contribution in [1.82, 2.24) is 9.55 Å². The van der Waals surface area contributed by atoms with Crippen LogP contribution in [0.3, 0.4) is 0 Å². The highest BCUT2D eigenvalue weighted by molar-refractivity contribution is 5.60. The zero-order valence-electron chi connectivity index (χ0n) is 8.89. The van der Waals surface area contributed by atoms with Crippen molar-refractivity contribution in [2.45, 2.75) is 12.6 Å². The summed E-state index contributed by atoms with van der Waals surface area (Å²) >= 11 is 0. The van der Waals surface area contributed by atoms with Crippen LogP contribution in [-0.4, -0.2) is 22.3 Å². The molecule has 9 heteroatoms. The third kappa shape index (κ3) is 3.26. The molecule has 0 amide bonds. The quantitative estimate of drug-likeness (QED) is 0.707. The Labute approximate surface area is 93.2 Å². The van der Waals surface area contributed by atoms with E-state index in [-0.39, 0.29) is 11.5 Å². The lowest BCUT2D eigenvalue weighted by atomic mass is 10.4. The number of nitrogens with zero attached hydrogens (tertiary/aromatic N) is 1. The number of H-pyrrole nitrogens is 1. The summed E-state index contributed by atoms with van der Waals surface area (Å²) in [5, 5.41) is 2.26. The van der Waals surface area contributed by atoms with Crippen LogP contribution in [-0.2, 0) is 7.05 Å². The highest BCUT2D eigenvalue weighted by Crippen LogP contribution is 2.19. The van der Waals surface area contributed by atoms with Gasteiger partial charge in [0.25, 0.3) is 5.56 Å². The van der Waals surface area contributed by atoms with Crippen molar-refractivity contribution in [3.8, 4) is 0 Å². The van der Waals surface area contributed by atoms with Crippen molar-refractivity contribution in [1.29, 1.82) is 0 Å². The highest BCUT2D eigenvalue weighted by Gasteiger charge is 2.26. The number of aromatic nitrogens is 2. The molecule has 0 saturated heterocycles. The Hall–Kier alpha value is -1.93. The molecule has 0 radical (unpaired) electrons. The van der Waals surface area contributed by atoms with Crippen LogP contribution >= 0.6 is 0 Å². The minimum Gasteiger partial charge on any atom is -0.383 e. The van der Waals surface area contributed by atoms with E-state index < -0.39 is 30.4 Å². The Balaban J connectivity index is 2.90. The summed E-state index contributed by atoms with van der Waals surface area (Å²) in [5.41, 5.74) is 3.63. The van der Waals surface area contributed by atoms with Gasteiger partial charge >= 0.3 is 11.9 Å². The van der Waals surface area contributed by atoms with Gasteiger partial charge in [-0.05, 0) is 0 Å². The Morgan fingerprint density at radius 3 is 2.53 bits per heavy atom. The standard InChI is InChI=1S/C8H11F3N4O2/c1-15-5(12)4(6(16)14-7(15)17)13-3-2-8(9,10)11/h13H,2-3,12H2,1H3,(H,14,16,17). The third-order valence-corrected chi connectivity index (χ3v) is 2.08. The normalized spacial score (nSPS) is 11.5. The van der Waals surface area contributed by atoms with Crippen molar-refractivity contribution in [3.63, 3.8) is 0 Å². The van der Waals surface area contributed by atoms with E-state index in [2.05, 4.69) is 5.32 Å².